The molecule has 1 aliphatic rings. The van der Waals surface area contributed by atoms with Gasteiger partial charge in [0.15, 0.2) is 5.11 Å². The van der Waals surface area contributed by atoms with Crippen LogP contribution in [0.4, 0.5) is 10.1 Å². The van der Waals surface area contributed by atoms with E-state index in [1.165, 1.54) is 17.2 Å². The predicted octanol–water partition coefficient (Wildman–Crippen LogP) is 6.42. The summed E-state index contributed by atoms with van der Waals surface area (Å²) in [6.45, 7) is 8.47. The number of thiocarbonyl (C=S) groups is 1. The van der Waals surface area contributed by atoms with Crippen LogP contribution in [0.3, 0.4) is 0 Å². The third kappa shape index (κ3) is 3.68. The van der Waals surface area contributed by atoms with E-state index >= 15 is 4.39 Å². The van der Waals surface area contributed by atoms with Crippen LogP contribution in [0, 0.1) is 33.5 Å². The van der Waals surface area contributed by atoms with Gasteiger partial charge in [-0.15, -0.1) is 0 Å². The van der Waals surface area contributed by atoms with Gasteiger partial charge in [-0.2, -0.15) is 0 Å². The number of hydrogen-bond acceptors (Lipinski definition) is 2. The molecule has 0 saturated carbocycles. The van der Waals surface area contributed by atoms with Gasteiger partial charge >= 0.3 is 0 Å². The number of anilines is 1. The van der Waals surface area contributed by atoms with E-state index in [9.17, 15) is 0 Å². The first-order chi connectivity index (χ1) is 16.4. The van der Waals surface area contributed by atoms with Crippen LogP contribution in [-0.4, -0.2) is 14.7 Å². The van der Waals surface area contributed by atoms with Crippen LogP contribution in [-0.2, 0) is 0 Å². The van der Waals surface area contributed by atoms with Gasteiger partial charge in [0.05, 0.1) is 23.5 Å². The van der Waals surface area contributed by atoms with E-state index in [-0.39, 0.29) is 17.9 Å². The number of pyridine rings is 1. The molecule has 4 nitrogen and oxygen atoms in total. The average molecular weight is 471 g/mol. The second-order valence-corrected chi connectivity index (χ2v) is 9.29. The molecule has 0 unspecified atom stereocenters. The highest BCUT2D eigenvalue weighted by Gasteiger charge is 2.43. The Hall–Kier alpha value is -3.51. The van der Waals surface area contributed by atoms with Gasteiger partial charge in [-0.1, -0.05) is 30.3 Å². The van der Waals surface area contributed by atoms with Crippen LogP contribution in [0.1, 0.15) is 45.9 Å². The highest BCUT2D eigenvalue weighted by Crippen LogP contribution is 2.44. The summed E-state index contributed by atoms with van der Waals surface area (Å²) in [6.07, 6.45) is 1.78. The molecule has 1 saturated heterocycles. The van der Waals surface area contributed by atoms with Crippen LogP contribution >= 0.6 is 12.2 Å². The topological polar surface area (TPSA) is 33.1 Å². The van der Waals surface area contributed by atoms with Crippen molar-refractivity contribution in [1.82, 2.24) is 14.9 Å². The molecule has 3 heterocycles. The number of para-hydroxylation sites is 1. The SMILES string of the molecule is Cc1ccc(C)c(-n2c(C)cc([C@@H]3[C@H](c4ccccn4)NC(=S)N3c3ccccc3F)c2C)c1. The van der Waals surface area contributed by atoms with E-state index in [1.54, 1.807) is 18.3 Å². The molecule has 0 aliphatic carbocycles. The Labute approximate surface area is 205 Å². The molecule has 0 bridgehead atoms. The molecule has 6 heteroatoms. The van der Waals surface area contributed by atoms with Gasteiger partial charge in [0.1, 0.15) is 5.82 Å². The van der Waals surface area contributed by atoms with Crippen molar-refractivity contribution in [3.05, 3.63) is 113 Å². The van der Waals surface area contributed by atoms with Crippen molar-refractivity contribution >= 4 is 23.0 Å². The molecule has 0 amide bonds. The summed E-state index contributed by atoms with van der Waals surface area (Å²) in [4.78, 5) is 6.52. The minimum Gasteiger partial charge on any atom is -0.351 e. The molecule has 5 rings (SSSR count). The van der Waals surface area contributed by atoms with Gasteiger partial charge in [-0.05, 0) is 93.0 Å². The molecule has 0 spiro atoms. The van der Waals surface area contributed by atoms with Crippen molar-refractivity contribution < 1.29 is 4.39 Å². The van der Waals surface area contributed by atoms with Crippen LogP contribution in [0.15, 0.2) is 72.9 Å². The Morgan fingerprint density at radius 2 is 1.68 bits per heavy atom. The number of halogens is 1. The van der Waals surface area contributed by atoms with Crippen molar-refractivity contribution in [1.29, 1.82) is 0 Å². The summed E-state index contributed by atoms with van der Waals surface area (Å²) in [5, 5.41) is 3.92. The van der Waals surface area contributed by atoms with E-state index in [0.717, 1.165) is 28.3 Å². The zero-order valence-corrected chi connectivity index (χ0v) is 20.5. The van der Waals surface area contributed by atoms with E-state index in [1.807, 2.05) is 29.2 Å². The quantitative estimate of drug-likeness (QED) is 0.349. The van der Waals surface area contributed by atoms with E-state index in [0.29, 0.717) is 10.8 Å². The third-order valence-corrected chi connectivity index (χ3v) is 6.92. The monoisotopic (exact) mass is 470 g/mol. The minimum atomic E-state index is -0.304. The number of nitrogens with one attached hydrogen (secondary N) is 1. The van der Waals surface area contributed by atoms with E-state index < -0.39 is 0 Å². The second kappa shape index (κ2) is 8.69. The molecule has 2 aromatic carbocycles. The fraction of sp³-hybridized carbons (Fsp3) is 0.214. The first-order valence-electron chi connectivity index (χ1n) is 11.4. The maximum absolute atomic E-state index is 15.0. The van der Waals surface area contributed by atoms with Gasteiger partial charge < -0.3 is 14.8 Å². The van der Waals surface area contributed by atoms with Crippen LogP contribution in [0.2, 0.25) is 0 Å². The Morgan fingerprint density at radius 3 is 2.41 bits per heavy atom. The van der Waals surface area contributed by atoms with Crippen LogP contribution < -0.4 is 10.2 Å². The van der Waals surface area contributed by atoms with Crippen molar-refractivity contribution in [2.75, 3.05) is 4.90 Å². The summed E-state index contributed by atoms with van der Waals surface area (Å²) in [5.41, 5.74) is 8.19. The molecule has 2 atom stereocenters. The Balaban J connectivity index is 1.72. The Morgan fingerprint density at radius 1 is 0.912 bits per heavy atom. The highest BCUT2D eigenvalue weighted by molar-refractivity contribution is 7.80. The van der Waals surface area contributed by atoms with Crippen LogP contribution in [0.25, 0.3) is 5.69 Å². The van der Waals surface area contributed by atoms with Crippen LogP contribution in [0.5, 0.6) is 0 Å². The fourth-order valence-corrected chi connectivity index (χ4v) is 5.33. The van der Waals surface area contributed by atoms with Crippen molar-refractivity contribution in [3.63, 3.8) is 0 Å². The minimum absolute atomic E-state index is 0.221. The van der Waals surface area contributed by atoms with E-state index in [2.05, 4.69) is 66.8 Å². The first kappa shape index (κ1) is 22.3. The first-order valence-corrected chi connectivity index (χ1v) is 11.8. The van der Waals surface area contributed by atoms with Gasteiger partial charge in [0.25, 0.3) is 0 Å². The molecule has 172 valence electrons. The molecule has 1 aliphatic heterocycles. The summed E-state index contributed by atoms with van der Waals surface area (Å²) >= 11 is 5.76. The average Bonchev–Trinajstić information content (AvgIpc) is 3.31. The number of hydrogen-bond donors (Lipinski definition) is 1. The lowest BCUT2D eigenvalue weighted by atomic mass is 9.96. The summed E-state index contributed by atoms with van der Waals surface area (Å²) in [7, 11) is 0. The molecular formula is C28H27FN4S. The largest absolute Gasteiger partial charge is 0.351 e. The normalized spacial score (nSPS) is 17.8. The summed E-state index contributed by atoms with van der Waals surface area (Å²) in [6, 6.07) is 20.8. The van der Waals surface area contributed by atoms with Gasteiger partial charge in [0, 0.05) is 23.3 Å². The zero-order chi connectivity index (χ0) is 24.0. The highest BCUT2D eigenvalue weighted by atomic mass is 32.1. The number of rotatable bonds is 4. The number of benzene rings is 2. The molecule has 1 fully saturated rings. The van der Waals surface area contributed by atoms with Gasteiger partial charge in [-0.3, -0.25) is 4.98 Å². The smallest absolute Gasteiger partial charge is 0.174 e. The summed E-state index contributed by atoms with van der Waals surface area (Å²) in [5.74, 6) is -0.304. The van der Waals surface area contributed by atoms with Crippen molar-refractivity contribution in [3.8, 4) is 5.69 Å². The fourth-order valence-electron chi connectivity index (χ4n) is 5.00. The molecule has 0 radical (unpaired) electrons. The maximum Gasteiger partial charge on any atom is 0.174 e. The van der Waals surface area contributed by atoms with Gasteiger partial charge in [0.2, 0.25) is 0 Å². The van der Waals surface area contributed by atoms with Gasteiger partial charge in [-0.25, -0.2) is 4.39 Å². The standard InChI is InChI=1S/C28H27FN4S/c1-17-12-13-18(2)25(15-17)32-19(3)16-21(20(32)4)27-26(23-10-7-8-14-30-23)31-28(34)33(27)24-11-6-5-9-22(24)29/h5-16,26-27H,1-4H3,(H,31,34)/t26-,27+/m0/s1. The molecule has 34 heavy (non-hydrogen) atoms. The number of nitrogens with zero attached hydrogens (tertiary/aromatic N) is 3. The molecular weight excluding hydrogens is 443 g/mol. The molecule has 1 N–H and O–H groups in total. The number of aryl methyl sites for hydroxylation is 3. The zero-order valence-electron chi connectivity index (χ0n) is 19.7. The third-order valence-electron chi connectivity index (χ3n) is 6.60. The predicted molar refractivity (Wildman–Crippen MR) is 139 cm³/mol. The maximum atomic E-state index is 15.0. The number of aromatic nitrogens is 2. The lowest BCUT2D eigenvalue weighted by Crippen LogP contribution is -2.30. The summed E-state index contributed by atoms with van der Waals surface area (Å²) < 4.78 is 17.3. The second-order valence-electron chi connectivity index (χ2n) is 8.90. The van der Waals surface area contributed by atoms with Crippen molar-refractivity contribution in [2.24, 2.45) is 0 Å². The Bertz CT molecular complexity index is 1380. The van der Waals surface area contributed by atoms with Crippen molar-refractivity contribution in [2.45, 2.75) is 39.8 Å². The molecule has 2 aromatic heterocycles. The lowest BCUT2D eigenvalue weighted by molar-refractivity contribution is 0.556. The Kier molecular flexibility index (Phi) is 5.70. The lowest BCUT2D eigenvalue weighted by Gasteiger charge is -2.28. The molecule has 4 aromatic rings. The van der Waals surface area contributed by atoms with E-state index in [4.69, 9.17) is 12.2 Å².